The topological polar surface area (TPSA) is 37.3 Å². The number of carbonyl (C=O) groups is 1. The van der Waals surface area contributed by atoms with Gasteiger partial charge in [-0.15, -0.1) is 5.56 Å². The maximum absolute atomic E-state index is 10.3. The fourth-order valence-electron chi connectivity index (χ4n) is 0.907. The molecule has 0 unspecified atom stereocenters. The fourth-order valence-corrected chi connectivity index (χ4v) is 0.907. The van der Waals surface area contributed by atoms with Gasteiger partial charge in [0.15, 0.2) is 0 Å². The molecule has 1 N–H and O–H groups in total. The summed E-state index contributed by atoms with van der Waals surface area (Å²) in [6.45, 7) is 1.88. The molecule has 0 aliphatic heterocycles. The van der Waals surface area contributed by atoms with Crippen LogP contribution in [-0.2, 0) is 43.9 Å². The van der Waals surface area contributed by atoms with Crippen LogP contribution in [-0.4, -0.2) is 11.1 Å². The van der Waals surface area contributed by atoms with Crippen LogP contribution in [0.5, 0.6) is 0 Å². The third-order valence-electron chi connectivity index (χ3n) is 1.53. The molecular formula is C9H9O2Y-. The third-order valence-corrected chi connectivity index (χ3v) is 1.53. The summed E-state index contributed by atoms with van der Waals surface area (Å²) in [7, 11) is 0. The van der Waals surface area contributed by atoms with Crippen molar-refractivity contribution in [2.24, 2.45) is 0 Å². The van der Waals surface area contributed by atoms with Gasteiger partial charge in [-0.2, -0.15) is 29.8 Å². The zero-order chi connectivity index (χ0) is 8.27. The molecule has 1 radical (unpaired) electrons. The average Bonchev–Trinajstić information content (AvgIpc) is 1.93. The van der Waals surface area contributed by atoms with E-state index < -0.39 is 5.97 Å². The first-order chi connectivity index (χ1) is 5.20. The number of hydrogen-bond donors (Lipinski definition) is 1. The SMILES string of the molecule is Cc1c[c-]ccc1CC(=O)O.[Y]. The second kappa shape index (κ2) is 5.44. The largest absolute Gasteiger partial charge is 0.481 e. The maximum atomic E-state index is 10.3. The van der Waals surface area contributed by atoms with Crippen molar-refractivity contribution in [3.63, 3.8) is 0 Å². The summed E-state index contributed by atoms with van der Waals surface area (Å²) >= 11 is 0. The molecule has 0 saturated carbocycles. The van der Waals surface area contributed by atoms with Gasteiger partial charge in [0.05, 0.1) is 0 Å². The Bertz CT molecular complexity index is 271. The maximum Gasteiger partial charge on any atom is 0.305 e. The van der Waals surface area contributed by atoms with Crippen LogP contribution in [0.3, 0.4) is 0 Å². The Kier molecular flexibility index (Phi) is 5.35. The zero-order valence-electron chi connectivity index (χ0n) is 6.87. The zero-order valence-corrected chi connectivity index (χ0v) is 9.71. The van der Waals surface area contributed by atoms with E-state index in [1.54, 1.807) is 18.2 Å². The van der Waals surface area contributed by atoms with Crippen molar-refractivity contribution < 1.29 is 42.6 Å². The molecule has 1 aromatic carbocycles. The molecule has 0 atom stereocenters. The van der Waals surface area contributed by atoms with E-state index in [4.69, 9.17) is 5.11 Å². The first-order valence-electron chi connectivity index (χ1n) is 3.37. The van der Waals surface area contributed by atoms with Crippen LogP contribution in [0.2, 0.25) is 0 Å². The number of benzene rings is 1. The van der Waals surface area contributed by atoms with Crippen LogP contribution in [0.15, 0.2) is 18.2 Å². The Labute approximate surface area is 96.9 Å². The van der Waals surface area contributed by atoms with Gasteiger partial charge >= 0.3 is 5.97 Å². The quantitative estimate of drug-likeness (QED) is 0.791. The molecule has 0 bridgehead atoms. The first kappa shape index (κ1) is 11.8. The summed E-state index contributed by atoms with van der Waals surface area (Å²) in [6, 6.07) is 8.18. The van der Waals surface area contributed by atoms with Gasteiger partial charge in [-0.3, -0.25) is 4.79 Å². The number of carboxylic acids is 1. The summed E-state index contributed by atoms with van der Waals surface area (Å²) in [5.41, 5.74) is 1.84. The van der Waals surface area contributed by atoms with Gasteiger partial charge in [0, 0.05) is 39.1 Å². The number of aryl methyl sites for hydroxylation is 1. The molecule has 0 aliphatic carbocycles. The van der Waals surface area contributed by atoms with Crippen LogP contribution < -0.4 is 0 Å². The molecule has 0 aromatic heterocycles. The van der Waals surface area contributed by atoms with Crippen molar-refractivity contribution in [1.82, 2.24) is 0 Å². The van der Waals surface area contributed by atoms with Gasteiger partial charge in [0.25, 0.3) is 0 Å². The van der Waals surface area contributed by atoms with Crippen LogP contribution in [0.25, 0.3) is 0 Å². The van der Waals surface area contributed by atoms with Crippen molar-refractivity contribution in [3.8, 4) is 0 Å². The van der Waals surface area contributed by atoms with Gasteiger partial charge < -0.3 is 5.11 Å². The Morgan fingerprint density at radius 2 is 2.33 bits per heavy atom. The van der Waals surface area contributed by atoms with Gasteiger partial charge in [0.2, 0.25) is 0 Å². The summed E-state index contributed by atoms with van der Waals surface area (Å²) in [4.78, 5) is 10.3. The summed E-state index contributed by atoms with van der Waals surface area (Å²) in [5, 5.41) is 8.48. The first-order valence-corrected chi connectivity index (χ1v) is 3.37. The molecule has 0 heterocycles. The van der Waals surface area contributed by atoms with Gasteiger partial charge in [-0.25, -0.2) is 0 Å². The van der Waals surface area contributed by atoms with E-state index in [9.17, 15) is 4.79 Å². The van der Waals surface area contributed by atoms with Crippen molar-refractivity contribution >= 4 is 5.97 Å². The molecule has 61 valence electrons. The van der Waals surface area contributed by atoms with Gasteiger partial charge in [-0.1, -0.05) is 6.92 Å². The number of rotatable bonds is 2. The molecular weight excluding hydrogens is 229 g/mol. The van der Waals surface area contributed by atoms with Crippen LogP contribution in [0.1, 0.15) is 11.1 Å². The Morgan fingerprint density at radius 3 is 2.83 bits per heavy atom. The molecule has 2 nitrogen and oxygen atoms in total. The summed E-state index contributed by atoms with van der Waals surface area (Å²) in [5.74, 6) is -0.792. The second-order valence-electron chi connectivity index (χ2n) is 2.42. The normalized spacial score (nSPS) is 8.75. The average molecular weight is 238 g/mol. The predicted octanol–water partition coefficient (Wildman–Crippen LogP) is 1.42. The van der Waals surface area contributed by atoms with Crippen molar-refractivity contribution in [3.05, 3.63) is 35.4 Å². The Hall–Kier alpha value is -0.206. The minimum Gasteiger partial charge on any atom is -0.481 e. The monoisotopic (exact) mass is 238 g/mol. The van der Waals surface area contributed by atoms with Crippen molar-refractivity contribution in [2.75, 3.05) is 0 Å². The van der Waals surface area contributed by atoms with Crippen LogP contribution >= 0.6 is 0 Å². The van der Waals surface area contributed by atoms with E-state index in [1.807, 2.05) is 6.92 Å². The second-order valence-corrected chi connectivity index (χ2v) is 2.42. The molecule has 1 aromatic rings. The Morgan fingerprint density at radius 1 is 1.67 bits per heavy atom. The molecule has 0 spiro atoms. The van der Waals surface area contributed by atoms with E-state index in [0.717, 1.165) is 11.1 Å². The molecule has 12 heavy (non-hydrogen) atoms. The van der Waals surface area contributed by atoms with E-state index in [0.29, 0.717) is 0 Å². The number of carboxylic acid groups (broad SMARTS) is 1. The van der Waals surface area contributed by atoms with Gasteiger partial charge in [-0.05, 0) is 0 Å². The Balaban J connectivity index is 0.00000121. The fraction of sp³-hybridized carbons (Fsp3) is 0.222. The van der Waals surface area contributed by atoms with E-state index in [2.05, 4.69) is 6.07 Å². The van der Waals surface area contributed by atoms with Crippen molar-refractivity contribution in [2.45, 2.75) is 13.3 Å². The number of aliphatic carboxylic acids is 1. The van der Waals surface area contributed by atoms with Crippen molar-refractivity contribution in [1.29, 1.82) is 0 Å². The van der Waals surface area contributed by atoms with E-state index in [1.165, 1.54) is 0 Å². The van der Waals surface area contributed by atoms with E-state index in [-0.39, 0.29) is 39.1 Å². The van der Waals surface area contributed by atoms with Gasteiger partial charge in [0.1, 0.15) is 0 Å². The molecule has 1 rings (SSSR count). The summed E-state index contributed by atoms with van der Waals surface area (Å²) in [6.07, 6.45) is 0.0977. The van der Waals surface area contributed by atoms with Crippen LogP contribution in [0.4, 0.5) is 0 Å². The molecule has 0 amide bonds. The number of hydrogen-bond acceptors (Lipinski definition) is 1. The molecule has 0 fully saturated rings. The minimum absolute atomic E-state index is 0. The van der Waals surface area contributed by atoms with Crippen LogP contribution in [0, 0.1) is 13.0 Å². The molecule has 0 saturated heterocycles. The standard InChI is InChI=1S/C9H9O2.Y/c1-7-4-2-3-5-8(7)6-9(10)11;/h3-5H,6H2,1H3,(H,10,11);/q-1;. The molecule has 3 heteroatoms. The third kappa shape index (κ3) is 3.46. The van der Waals surface area contributed by atoms with E-state index >= 15 is 0 Å². The smallest absolute Gasteiger partial charge is 0.305 e. The molecule has 0 aliphatic rings. The predicted molar refractivity (Wildman–Crippen MR) is 41.4 cm³/mol. The minimum atomic E-state index is -0.792. The summed E-state index contributed by atoms with van der Waals surface area (Å²) < 4.78 is 0.